The van der Waals surface area contributed by atoms with Crippen LogP contribution >= 0.6 is 11.3 Å². The molecule has 0 radical (unpaired) electrons. The molecule has 3 aromatic heterocycles. The topological polar surface area (TPSA) is 115 Å². The van der Waals surface area contributed by atoms with Crippen LogP contribution in [-0.2, 0) is 17.9 Å². The molecule has 2 N–H and O–H groups in total. The molecule has 1 amide bonds. The van der Waals surface area contributed by atoms with Gasteiger partial charge in [-0.15, -0.1) is 11.3 Å². The number of rotatable bonds is 6. The molecule has 0 saturated heterocycles. The maximum absolute atomic E-state index is 12.1. The zero-order valence-electron chi connectivity index (χ0n) is 13.6. The minimum absolute atomic E-state index is 0.0350. The summed E-state index contributed by atoms with van der Waals surface area (Å²) < 4.78 is 3.10. The Kier molecular flexibility index (Phi) is 4.61. The summed E-state index contributed by atoms with van der Waals surface area (Å²) in [6.07, 6.45) is 4.43. The van der Waals surface area contributed by atoms with Gasteiger partial charge < -0.3 is 10.4 Å². The maximum atomic E-state index is 12.1. The van der Waals surface area contributed by atoms with Gasteiger partial charge in [0.2, 0.25) is 5.91 Å². The number of carbonyl (C=O) groups excluding carboxylic acids is 1. The lowest BCUT2D eigenvalue weighted by Crippen LogP contribution is -2.18. The van der Waals surface area contributed by atoms with E-state index in [0.717, 1.165) is 23.5 Å². The number of aromatic nitrogens is 5. The molecule has 3 rings (SSSR count). The maximum Gasteiger partial charge on any atom is 0.338 e. The molecule has 0 aliphatic heterocycles. The van der Waals surface area contributed by atoms with Crippen molar-refractivity contribution >= 4 is 28.3 Å². The molecular weight excluding hydrogens is 344 g/mol. The first-order valence-electron chi connectivity index (χ1n) is 7.51. The predicted octanol–water partition coefficient (Wildman–Crippen LogP) is 1.87. The van der Waals surface area contributed by atoms with E-state index in [1.54, 1.807) is 0 Å². The van der Waals surface area contributed by atoms with Gasteiger partial charge >= 0.3 is 5.97 Å². The minimum Gasteiger partial charge on any atom is -0.478 e. The second-order valence-electron chi connectivity index (χ2n) is 5.30. The molecule has 0 spiro atoms. The highest BCUT2D eigenvalue weighted by molar-refractivity contribution is 7.14. The van der Waals surface area contributed by atoms with Gasteiger partial charge in [-0.3, -0.25) is 14.2 Å². The summed E-state index contributed by atoms with van der Waals surface area (Å²) in [5, 5.41) is 22.1. The van der Waals surface area contributed by atoms with Gasteiger partial charge in [-0.05, 0) is 13.8 Å². The van der Waals surface area contributed by atoms with Crippen molar-refractivity contribution < 1.29 is 14.7 Å². The van der Waals surface area contributed by atoms with Crippen LogP contribution in [0, 0.1) is 6.92 Å². The number of amides is 1. The molecule has 0 unspecified atom stereocenters. The Balaban J connectivity index is 1.67. The Bertz CT molecular complexity index is 925. The highest BCUT2D eigenvalue weighted by Crippen LogP contribution is 2.26. The van der Waals surface area contributed by atoms with Crippen molar-refractivity contribution in [2.45, 2.75) is 26.9 Å². The third kappa shape index (κ3) is 3.74. The molecule has 130 valence electrons. The van der Waals surface area contributed by atoms with Gasteiger partial charge in [0.1, 0.15) is 6.54 Å². The largest absolute Gasteiger partial charge is 0.478 e. The molecule has 3 heterocycles. The van der Waals surface area contributed by atoms with E-state index in [9.17, 15) is 9.59 Å². The van der Waals surface area contributed by atoms with Crippen molar-refractivity contribution in [3.8, 4) is 11.3 Å². The smallest absolute Gasteiger partial charge is 0.338 e. The van der Waals surface area contributed by atoms with E-state index < -0.39 is 5.97 Å². The van der Waals surface area contributed by atoms with Crippen molar-refractivity contribution in [3.63, 3.8) is 0 Å². The number of aryl methyl sites for hydroxylation is 2. The quantitative estimate of drug-likeness (QED) is 0.693. The fraction of sp³-hybridized carbons (Fsp3) is 0.267. The summed E-state index contributed by atoms with van der Waals surface area (Å²) in [5.41, 5.74) is 2.59. The van der Waals surface area contributed by atoms with Gasteiger partial charge in [-0.25, -0.2) is 9.78 Å². The third-order valence-corrected chi connectivity index (χ3v) is 4.24. The van der Waals surface area contributed by atoms with E-state index in [4.69, 9.17) is 5.11 Å². The molecule has 0 aromatic carbocycles. The normalized spacial score (nSPS) is 10.8. The molecule has 0 atom stereocenters. The summed E-state index contributed by atoms with van der Waals surface area (Å²) in [5.74, 6) is -1.42. The standard InChI is InChI=1S/C15H16N6O3S/c1-3-20-6-11(9(2)19-20)12-8-25-15(17-12)18-13(22)7-21-5-10(4-16-21)14(23)24/h4-6,8H,3,7H2,1-2H3,(H,23,24)(H,17,18,22). The number of carboxylic acids is 1. The van der Waals surface area contributed by atoms with Crippen molar-refractivity contribution in [3.05, 3.63) is 35.2 Å². The number of anilines is 1. The van der Waals surface area contributed by atoms with Gasteiger partial charge in [-0.1, -0.05) is 0 Å². The van der Waals surface area contributed by atoms with Crippen LogP contribution in [0.3, 0.4) is 0 Å². The van der Waals surface area contributed by atoms with E-state index in [1.165, 1.54) is 28.4 Å². The monoisotopic (exact) mass is 360 g/mol. The average molecular weight is 360 g/mol. The third-order valence-electron chi connectivity index (χ3n) is 3.48. The number of aromatic carboxylic acids is 1. The second kappa shape index (κ2) is 6.85. The molecular formula is C15H16N6O3S. The van der Waals surface area contributed by atoms with Gasteiger partial charge in [-0.2, -0.15) is 10.2 Å². The highest BCUT2D eigenvalue weighted by Gasteiger charge is 2.13. The van der Waals surface area contributed by atoms with Crippen LogP contribution in [0.25, 0.3) is 11.3 Å². The Morgan fingerprint density at radius 3 is 2.76 bits per heavy atom. The zero-order chi connectivity index (χ0) is 18.0. The SMILES string of the molecule is CCn1cc(-c2csc(NC(=O)Cn3cc(C(=O)O)cn3)n2)c(C)n1. The number of carboxylic acid groups (broad SMARTS) is 1. The first-order chi connectivity index (χ1) is 12.0. The molecule has 0 aliphatic rings. The average Bonchev–Trinajstić information content (AvgIpc) is 3.27. The fourth-order valence-electron chi connectivity index (χ4n) is 2.25. The first-order valence-corrected chi connectivity index (χ1v) is 8.39. The summed E-state index contributed by atoms with van der Waals surface area (Å²) in [6, 6.07) is 0. The van der Waals surface area contributed by atoms with Crippen LogP contribution in [0.2, 0.25) is 0 Å². The van der Waals surface area contributed by atoms with Gasteiger partial charge in [0, 0.05) is 29.9 Å². The molecule has 25 heavy (non-hydrogen) atoms. The van der Waals surface area contributed by atoms with Crippen LogP contribution in [0.4, 0.5) is 5.13 Å². The van der Waals surface area contributed by atoms with Gasteiger partial charge in [0.05, 0.1) is 23.1 Å². The van der Waals surface area contributed by atoms with Gasteiger partial charge in [0.25, 0.3) is 0 Å². The molecule has 3 aromatic rings. The fourth-order valence-corrected chi connectivity index (χ4v) is 2.98. The lowest BCUT2D eigenvalue weighted by Gasteiger charge is -2.01. The van der Waals surface area contributed by atoms with E-state index in [0.29, 0.717) is 5.13 Å². The van der Waals surface area contributed by atoms with Crippen LogP contribution in [0.1, 0.15) is 23.0 Å². The van der Waals surface area contributed by atoms with E-state index in [-0.39, 0.29) is 18.0 Å². The number of hydrogen-bond acceptors (Lipinski definition) is 6. The molecule has 10 heteroatoms. The number of carbonyl (C=O) groups is 2. The van der Waals surface area contributed by atoms with Crippen molar-refractivity contribution in [1.29, 1.82) is 0 Å². The predicted molar refractivity (Wildman–Crippen MR) is 91.6 cm³/mol. The van der Waals surface area contributed by atoms with Crippen molar-refractivity contribution in [2.24, 2.45) is 0 Å². The Hall–Kier alpha value is -3.01. The molecule has 0 aliphatic carbocycles. The minimum atomic E-state index is -1.08. The molecule has 0 fully saturated rings. The van der Waals surface area contributed by atoms with Gasteiger partial charge in [0.15, 0.2) is 5.13 Å². The molecule has 0 bridgehead atoms. The molecule has 0 saturated carbocycles. The second-order valence-corrected chi connectivity index (χ2v) is 6.16. The Labute approximate surface area is 146 Å². The van der Waals surface area contributed by atoms with Crippen LogP contribution in [0.15, 0.2) is 24.0 Å². The molecule has 9 nitrogen and oxygen atoms in total. The van der Waals surface area contributed by atoms with Crippen LogP contribution in [-0.4, -0.2) is 41.5 Å². The summed E-state index contributed by atoms with van der Waals surface area (Å²) in [6.45, 7) is 4.61. The number of nitrogens with one attached hydrogen (secondary N) is 1. The van der Waals surface area contributed by atoms with Crippen molar-refractivity contribution in [1.82, 2.24) is 24.5 Å². The zero-order valence-corrected chi connectivity index (χ0v) is 14.4. The number of nitrogens with zero attached hydrogens (tertiary/aromatic N) is 5. The first kappa shape index (κ1) is 16.8. The Morgan fingerprint density at radius 2 is 2.12 bits per heavy atom. The van der Waals surface area contributed by atoms with Crippen LogP contribution < -0.4 is 5.32 Å². The highest BCUT2D eigenvalue weighted by atomic mass is 32.1. The summed E-state index contributed by atoms with van der Waals surface area (Å²) >= 11 is 1.32. The van der Waals surface area contributed by atoms with E-state index >= 15 is 0 Å². The summed E-state index contributed by atoms with van der Waals surface area (Å²) in [4.78, 5) is 27.3. The summed E-state index contributed by atoms with van der Waals surface area (Å²) in [7, 11) is 0. The van der Waals surface area contributed by atoms with E-state index in [1.807, 2.05) is 30.1 Å². The lowest BCUT2D eigenvalue weighted by atomic mass is 10.2. The van der Waals surface area contributed by atoms with Crippen molar-refractivity contribution in [2.75, 3.05) is 5.32 Å². The lowest BCUT2D eigenvalue weighted by molar-refractivity contribution is -0.116. The van der Waals surface area contributed by atoms with E-state index in [2.05, 4.69) is 20.5 Å². The Morgan fingerprint density at radius 1 is 1.32 bits per heavy atom. The van der Waals surface area contributed by atoms with Crippen LogP contribution in [0.5, 0.6) is 0 Å². The number of hydrogen-bond donors (Lipinski definition) is 2. The number of thiazole rings is 1.